The summed E-state index contributed by atoms with van der Waals surface area (Å²) in [6.45, 7) is 1.49. The highest BCUT2D eigenvalue weighted by Gasteiger charge is 2.37. The lowest BCUT2D eigenvalue weighted by atomic mass is 9.80. The van der Waals surface area contributed by atoms with Crippen molar-refractivity contribution in [3.63, 3.8) is 0 Å². The molecular formula is C12H16FNO2. The van der Waals surface area contributed by atoms with Crippen LogP contribution < -0.4 is 10.1 Å². The molecule has 1 fully saturated rings. The van der Waals surface area contributed by atoms with E-state index in [-0.39, 0.29) is 12.4 Å². The molecule has 3 nitrogen and oxygen atoms in total. The topological polar surface area (TPSA) is 41.5 Å². The summed E-state index contributed by atoms with van der Waals surface area (Å²) in [6.07, 6.45) is 0.795. The number of methoxy groups -OCH3 is 1. The van der Waals surface area contributed by atoms with Crippen molar-refractivity contribution < 1.29 is 14.2 Å². The number of halogens is 1. The van der Waals surface area contributed by atoms with Gasteiger partial charge in [-0.2, -0.15) is 0 Å². The van der Waals surface area contributed by atoms with Gasteiger partial charge in [0.25, 0.3) is 0 Å². The van der Waals surface area contributed by atoms with Crippen molar-refractivity contribution >= 4 is 0 Å². The highest BCUT2D eigenvalue weighted by atomic mass is 19.1. The molecule has 0 bridgehead atoms. The van der Waals surface area contributed by atoms with Gasteiger partial charge in [0.2, 0.25) is 0 Å². The molecule has 1 atom stereocenters. The molecule has 2 rings (SSSR count). The highest BCUT2D eigenvalue weighted by Crippen LogP contribution is 2.36. The number of hydrogen-bond donors (Lipinski definition) is 2. The molecule has 1 saturated heterocycles. The predicted molar refractivity (Wildman–Crippen MR) is 59.2 cm³/mol. The Morgan fingerprint density at radius 2 is 2.38 bits per heavy atom. The van der Waals surface area contributed by atoms with Gasteiger partial charge >= 0.3 is 0 Å². The van der Waals surface area contributed by atoms with Crippen LogP contribution in [0.2, 0.25) is 0 Å². The first-order valence-corrected chi connectivity index (χ1v) is 5.37. The number of nitrogens with one attached hydrogen (secondary N) is 1. The molecule has 1 aliphatic heterocycles. The van der Waals surface area contributed by atoms with Crippen molar-refractivity contribution in [3.8, 4) is 5.75 Å². The zero-order valence-electron chi connectivity index (χ0n) is 9.29. The minimum absolute atomic E-state index is 0.000185. The standard InChI is InChI=1S/C12H16FNO2/c1-16-11-3-2-9(13)6-10(11)12(8-15)4-5-14-7-12/h2-3,6,14-15H,4-5,7-8H2,1H3. The Labute approximate surface area is 94.2 Å². The fourth-order valence-corrected chi connectivity index (χ4v) is 2.29. The molecule has 16 heavy (non-hydrogen) atoms. The average molecular weight is 225 g/mol. The second kappa shape index (κ2) is 4.39. The predicted octanol–water partition coefficient (Wildman–Crippen LogP) is 1.06. The quantitative estimate of drug-likeness (QED) is 0.808. The van der Waals surface area contributed by atoms with E-state index >= 15 is 0 Å². The zero-order valence-corrected chi connectivity index (χ0v) is 9.29. The molecule has 1 aromatic rings. The van der Waals surface area contributed by atoms with Crippen LogP contribution in [0.3, 0.4) is 0 Å². The number of ether oxygens (including phenoxy) is 1. The van der Waals surface area contributed by atoms with Crippen LogP contribution in [-0.2, 0) is 5.41 Å². The Morgan fingerprint density at radius 3 is 2.94 bits per heavy atom. The minimum Gasteiger partial charge on any atom is -0.496 e. The molecule has 0 saturated carbocycles. The lowest BCUT2D eigenvalue weighted by Gasteiger charge is -2.28. The third kappa shape index (κ3) is 1.79. The Kier molecular flexibility index (Phi) is 3.12. The van der Waals surface area contributed by atoms with Gasteiger partial charge in [0.1, 0.15) is 11.6 Å². The normalized spacial score (nSPS) is 24.7. The van der Waals surface area contributed by atoms with Gasteiger partial charge < -0.3 is 15.2 Å². The summed E-state index contributed by atoms with van der Waals surface area (Å²) in [5, 5.41) is 12.8. The molecule has 4 heteroatoms. The summed E-state index contributed by atoms with van der Waals surface area (Å²) in [5.41, 5.74) is 0.343. The van der Waals surface area contributed by atoms with Crippen molar-refractivity contribution in [2.75, 3.05) is 26.8 Å². The Hall–Kier alpha value is -1.13. The third-order valence-electron chi connectivity index (χ3n) is 3.28. The van der Waals surface area contributed by atoms with Gasteiger partial charge in [-0.1, -0.05) is 0 Å². The zero-order chi connectivity index (χ0) is 11.6. The van der Waals surface area contributed by atoms with Crippen LogP contribution in [-0.4, -0.2) is 31.9 Å². The molecule has 1 unspecified atom stereocenters. The van der Waals surface area contributed by atoms with Crippen molar-refractivity contribution in [1.29, 1.82) is 0 Å². The first kappa shape index (κ1) is 11.4. The van der Waals surface area contributed by atoms with Crippen LogP contribution >= 0.6 is 0 Å². The first-order valence-electron chi connectivity index (χ1n) is 5.37. The van der Waals surface area contributed by atoms with E-state index in [2.05, 4.69) is 5.32 Å². The lowest BCUT2D eigenvalue weighted by Crippen LogP contribution is -2.33. The fourth-order valence-electron chi connectivity index (χ4n) is 2.29. The van der Waals surface area contributed by atoms with Crippen molar-refractivity contribution in [2.45, 2.75) is 11.8 Å². The molecular weight excluding hydrogens is 209 g/mol. The summed E-state index contributed by atoms with van der Waals surface area (Å²) in [5.74, 6) is 0.342. The van der Waals surface area contributed by atoms with Gasteiger partial charge in [-0.05, 0) is 31.2 Å². The maximum atomic E-state index is 13.3. The molecule has 1 aromatic carbocycles. The summed E-state index contributed by atoms with van der Waals surface area (Å²) in [4.78, 5) is 0. The average Bonchev–Trinajstić information content (AvgIpc) is 2.78. The molecule has 1 aliphatic rings. The van der Waals surface area contributed by atoms with E-state index in [1.165, 1.54) is 12.1 Å². The van der Waals surface area contributed by atoms with Crippen LogP contribution in [0.15, 0.2) is 18.2 Å². The van der Waals surface area contributed by atoms with Gasteiger partial charge in [0, 0.05) is 17.5 Å². The number of aliphatic hydroxyl groups excluding tert-OH is 1. The van der Waals surface area contributed by atoms with Crippen molar-refractivity contribution in [3.05, 3.63) is 29.6 Å². The smallest absolute Gasteiger partial charge is 0.123 e. The van der Waals surface area contributed by atoms with Crippen molar-refractivity contribution in [1.82, 2.24) is 5.32 Å². The third-order valence-corrected chi connectivity index (χ3v) is 3.28. The van der Waals surface area contributed by atoms with Gasteiger partial charge in [-0.25, -0.2) is 4.39 Å². The van der Waals surface area contributed by atoms with E-state index < -0.39 is 5.41 Å². The van der Waals surface area contributed by atoms with Crippen molar-refractivity contribution in [2.24, 2.45) is 0 Å². The second-order valence-corrected chi connectivity index (χ2v) is 4.21. The van der Waals surface area contributed by atoms with Crippen LogP contribution in [0.5, 0.6) is 5.75 Å². The lowest BCUT2D eigenvalue weighted by molar-refractivity contribution is 0.201. The molecule has 88 valence electrons. The highest BCUT2D eigenvalue weighted by molar-refractivity contribution is 5.41. The Bertz CT molecular complexity index is 375. The number of aliphatic hydroxyl groups is 1. The van der Waals surface area contributed by atoms with E-state index in [0.29, 0.717) is 12.3 Å². The number of benzene rings is 1. The number of hydrogen-bond acceptors (Lipinski definition) is 3. The van der Waals surface area contributed by atoms with E-state index in [0.717, 1.165) is 18.5 Å². The Balaban J connectivity index is 2.47. The fraction of sp³-hybridized carbons (Fsp3) is 0.500. The van der Waals surface area contributed by atoms with Crippen LogP contribution in [0.1, 0.15) is 12.0 Å². The minimum atomic E-state index is -0.409. The molecule has 0 aromatic heterocycles. The van der Waals surface area contributed by atoms with Crippen LogP contribution in [0.25, 0.3) is 0 Å². The van der Waals surface area contributed by atoms with E-state index in [9.17, 15) is 9.50 Å². The summed E-state index contributed by atoms with van der Waals surface area (Å²) >= 11 is 0. The summed E-state index contributed by atoms with van der Waals surface area (Å²) < 4.78 is 18.5. The largest absolute Gasteiger partial charge is 0.496 e. The molecule has 1 heterocycles. The maximum absolute atomic E-state index is 13.3. The van der Waals surface area contributed by atoms with E-state index in [1.807, 2.05) is 0 Å². The van der Waals surface area contributed by atoms with Gasteiger partial charge in [0.15, 0.2) is 0 Å². The second-order valence-electron chi connectivity index (χ2n) is 4.21. The molecule has 0 radical (unpaired) electrons. The maximum Gasteiger partial charge on any atom is 0.123 e. The number of rotatable bonds is 3. The van der Waals surface area contributed by atoms with Crippen LogP contribution in [0.4, 0.5) is 4.39 Å². The van der Waals surface area contributed by atoms with Gasteiger partial charge in [-0.3, -0.25) is 0 Å². The molecule has 0 aliphatic carbocycles. The van der Waals surface area contributed by atoms with E-state index in [1.54, 1.807) is 13.2 Å². The summed E-state index contributed by atoms with van der Waals surface area (Å²) in [7, 11) is 1.56. The monoisotopic (exact) mass is 225 g/mol. The van der Waals surface area contributed by atoms with Gasteiger partial charge in [0.05, 0.1) is 13.7 Å². The molecule has 2 N–H and O–H groups in total. The van der Waals surface area contributed by atoms with Crippen LogP contribution in [0, 0.1) is 5.82 Å². The Morgan fingerprint density at radius 1 is 1.56 bits per heavy atom. The SMILES string of the molecule is COc1ccc(F)cc1C1(CO)CCNC1. The first-order chi connectivity index (χ1) is 7.72. The molecule has 0 amide bonds. The van der Waals surface area contributed by atoms with Gasteiger partial charge in [-0.15, -0.1) is 0 Å². The summed E-state index contributed by atoms with van der Waals surface area (Å²) in [6, 6.07) is 4.44. The molecule has 0 spiro atoms. The van der Waals surface area contributed by atoms with E-state index in [4.69, 9.17) is 4.74 Å².